The molecule has 0 fully saturated rings. The molecule has 1 unspecified atom stereocenters. The van der Waals surface area contributed by atoms with E-state index in [1.165, 1.54) is 11.9 Å². The maximum absolute atomic E-state index is 12.5. The average molecular weight is 414 g/mol. The van der Waals surface area contributed by atoms with E-state index in [-0.39, 0.29) is 30.1 Å². The monoisotopic (exact) mass is 414 g/mol. The number of rotatable bonds is 7. The van der Waals surface area contributed by atoms with Gasteiger partial charge in [0, 0.05) is 25.5 Å². The highest BCUT2D eigenvalue weighted by Gasteiger charge is 2.35. The van der Waals surface area contributed by atoms with Gasteiger partial charge in [0.25, 0.3) is 5.56 Å². The number of hydrogen-bond acceptors (Lipinski definition) is 6. The topological polar surface area (TPSA) is 117 Å². The second-order valence-corrected chi connectivity index (χ2v) is 7.06. The molecule has 9 nitrogen and oxygen atoms in total. The third-order valence-corrected chi connectivity index (χ3v) is 5.01. The average Bonchev–Trinajstić information content (AvgIpc) is 3.13. The Morgan fingerprint density at radius 3 is 2.70 bits per heavy atom. The summed E-state index contributed by atoms with van der Waals surface area (Å²) in [5.74, 6) is -0.117. The highest BCUT2D eigenvalue weighted by molar-refractivity contribution is 6.04. The zero-order chi connectivity index (χ0) is 21.8. The SMILES string of the molecule is CCCCn1c(O)c(C2=NN(C(C)=O)C(c3ccccc3OCC)C2)c(=O)[nH]c1=O. The van der Waals surface area contributed by atoms with Crippen LogP contribution in [0.1, 0.15) is 57.2 Å². The molecule has 2 aromatic rings. The van der Waals surface area contributed by atoms with Gasteiger partial charge in [-0.25, -0.2) is 9.80 Å². The van der Waals surface area contributed by atoms with Crippen molar-refractivity contribution in [1.82, 2.24) is 14.6 Å². The zero-order valence-electron chi connectivity index (χ0n) is 17.3. The van der Waals surface area contributed by atoms with Crippen molar-refractivity contribution in [2.45, 2.75) is 52.6 Å². The molecule has 0 bridgehead atoms. The van der Waals surface area contributed by atoms with E-state index in [0.29, 0.717) is 18.8 Å². The molecule has 2 heterocycles. The van der Waals surface area contributed by atoms with Gasteiger partial charge in [-0.2, -0.15) is 5.10 Å². The molecule has 0 saturated heterocycles. The number of unbranched alkanes of at least 4 members (excludes halogenated alkanes) is 1. The van der Waals surface area contributed by atoms with Crippen LogP contribution in [0.15, 0.2) is 39.0 Å². The number of aromatic nitrogens is 2. The van der Waals surface area contributed by atoms with Crippen molar-refractivity contribution < 1.29 is 14.6 Å². The molecule has 160 valence electrons. The number of nitrogens with zero attached hydrogens (tertiary/aromatic N) is 3. The molecule has 1 aliphatic rings. The minimum absolute atomic E-state index is 0.0895. The quantitative estimate of drug-likeness (QED) is 0.720. The lowest BCUT2D eigenvalue weighted by Gasteiger charge is -2.22. The minimum atomic E-state index is -0.730. The number of aromatic hydroxyl groups is 1. The van der Waals surface area contributed by atoms with Crippen molar-refractivity contribution in [1.29, 1.82) is 0 Å². The lowest BCUT2D eigenvalue weighted by atomic mass is 9.98. The van der Waals surface area contributed by atoms with E-state index in [9.17, 15) is 19.5 Å². The fourth-order valence-corrected chi connectivity index (χ4v) is 3.58. The second-order valence-electron chi connectivity index (χ2n) is 7.06. The largest absolute Gasteiger partial charge is 0.494 e. The number of H-pyrrole nitrogens is 1. The third-order valence-electron chi connectivity index (χ3n) is 5.01. The number of benzene rings is 1. The number of para-hydroxylation sites is 1. The number of nitrogens with one attached hydrogen (secondary N) is 1. The number of hydrazone groups is 1. The number of hydrogen-bond donors (Lipinski definition) is 2. The van der Waals surface area contributed by atoms with Crippen LogP contribution in [0.25, 0.3) is 0 Å². The Bertz CT molecular complexity index is 1090. The molecule has 9 heteroatoms. The Morgan fingerprint density at radius 1 is 1.30 bits per heavy atom. The fraction of sp³-hybridized carbons (Fsp3) is 0.429. The molecule has 1 aliphatic heterocycles. The molecule has 2 N–H and O–H groups in total. The molecule has 3 rings (SSSR count). The van der Waals surface area contributed by atoms with Crippen LogP contribution in [0.5, 0.6) is 11.6 Å². The normalized spacial score (nSPS) is 15.9. The highest BCUT2D eigenvalue weighted by atomic mass is 16.5. The number of ether oxygens (including phenoxy) is 1. The molecule has 0 saturated carbocycles. The van der Waals surface area contributed by atoms with E-state index >= 15 is 0 Å². The minimum Gasteiger partial charge on any atom is -0.494 e. The predicted octanol–water partition coefficient (Wildman–Crippen LogP) is 2.14. The van der Waals surface area contributed by atoms with Gasteiger partial charge in [0.1, 0.15) is 11.3 Å². The van der Waals surface area contributed by atoms with Crippen LogP contribution in [0.4, 0.5) is 0 Å². The Balaban J connectivity index is 2.07. The summed E-state index contributed by atoms with van der Waals surface area (Å²) in [6.45, 7) is 5.94. The van der Waals surface area contributed by atoms with E-state index in [0.717, 1.165) is 16.6 Å². The zero-order valence-corrected chi connectivity index (χ0v) is 17.3. The van der Waals surface area contributed by atoms with Gasteiger partial charge in [0.15, 0.2) is 0 Å². The van der Waals surface area contributed by atoms with Crippen molar-refractivity contribution in [2.75, 3.05) is 6.61 Å². The summed E-state index contributed by atoms with van der Waals surface area (Å²) < 4.78 is 6.82. The Hall–Kier alpha value is -3.36. The first kappa shape index (κ1) is 21.4. The molecule has 1 aromatic heterocycles. The number of carbonyl (C=O) groups is 1. The van der Waals surface area contributed by atoms with Crippen molar-refractivity contribution in [3.63, 3.8) is 0 Å². The summed E-state index contributed by atoms with van der Waals surface area (Å²) in [7, 11) is 0. The van der Waals surface area contributed by atoms with Gasteiger partial charge in [0.2, 0.25) is 11.8 Å². The van der Waals surface area contributed by atoms with Crippen LogP contribution >= 0.6 is 0 Å². The van der Waals surface area contributed by atoms with Crippen LogP contribution in [0, 0.1) is 0 Å². The second kappa shape index (κ2) is 8.98. The summed E-state index contributed by atoms with van der Waals surface area (Å²) in [5, 5.41) is 16.3. The van der Waals surface area contributed by atoms with Crippen LogP contribution in [-0.2, 0) is 11.3 Å². The molecule has 1 amide bonds. The Kier molecular flexibility index (Phi) is 6.39. The van der Waals surface area contributed by atoms with Crippen molar-refractivity contribution in [3.8, 4) is 11.6 Å². The maximum Gasteiger partial charge on any atom is 0.331 e. The number of aromatic amines is 1. The molecule has 0 aliphatic carbocycles. The van der Waals surface area contributed by atoms with Gasteiger partial charge >= 0.3 is 5.69 Å². The smallest absolute Gasteiger partial charge is 0.331 e. The van der Waals surface area contributed by atoms with Crippen LogP contribution < -0.4 is 16.0 Å². The highest BCUT2D eigenvalue weighted by Crippen LogP contribution is 2.37. The summed E-state index contributed by atoms with van der Waals surface area (Å²) in [5.41, 5.74) is -0.497. The van der Waals surface area contributed by atoms with Gasteiger partial charge in [-0.05, 0) is 19.4 Å². The summed E-state index contributed by atoms with van der Waals surface area (Å²) >= 11 is 0. The van der Waals surface area contributed by atoms with Gasteiger partial charge < -0.3 is 9.84 Å². The maximum atomic E-state index is 12.5. The van der Waals surface area contributed by atoms with Crippen LogP contribution in [0.2, 0.25) is 0 Å². The molecule has 1 aromatic carbocycles. The van der Waals surface area contributed by atoms with Crippen molar-refractivity contribution in [3.05, 3.63) is 56.2 Å². The first-order chi connectivity index (χ1) is 14.4. The van der Waals surface area contributed by atoms with Crippen molar-refractivity contribution in [2.24, 2.45) is 5.10 Å². The van der Waals surface area contributed by atoms with E-state index in [1.807, 2.05) is 38.1 Å². The Morgan fingerprint density at radius 2 is 2.03 bits per heavy atom. The first-order valence-corrected chi connectivity index (χ1v) is 10.0. The van der Waals surface area contributed by atoms with Crippen molar-refractivity contribution >= 4 is 11.6 Å². The van der Waals surface area contributed by atoms with Gasteiger partial charge in [-0.1, -0.05) is 31.5 Å². The van der Waals surface area contributed by atoms with E-state index in [1.54, 1.807) is 0 Å². The van der Waals surface area contributed by atoms with Gasteiger partial charge in [-0.3, -0.25) is 19.1 Å². The van der Waals surface area contributed by atoms with E-state index in [2.05, 4.69) is 10.1 Å². The first-order valence-electron chi connectivity index (χ1n) is 10.0. The summed E-state index contributed by atoms with van der Waals surface area (Å²) in [6.07, 6.45) is 1.68. The fourth-order valence-electron chi connectivity index (χ4n) is 3.58. The number of carbonyl (C=O) groups excluding carboxylic acids is 1. The van der Waals surface area contributed by atoms with E-state index < -0.39 is 23.2 Å². The third kappa shape index (κ3) is 4.00. The number of amides is 1. The molecule has 1 atom stereocenters. The predicted molar refractivity (Wildman–Crippen MR) is 112 cm³/mol. The molecule has 0 spiro atoms. The molecular weight excluding hydrogens is 388 g/mol. The molecule has 30 heavy (non-hydrogen) atoms. The van der Waals surface area contributed by atoms with Gasteiger partial charge in [0.05, 0.1) is 18.4 Å². The summed E-state index contributed by atoms with van der Waals surface area (Å²) in [6, 6.07) is 6.84. The van der Waals surface area contributed by atoms with Crippen LogP contribution in [-0.4, -0.2) is 37.9 Å². The van der Waals surface area contributed by atoms with Crippen LogP contribution in [0.3, 0.4) is 0 Å². The molecule has 0 radical (unpaired) electrons. The molecular formula is C21H26N4O5. The Labute approximate surface area is 173 Å². The lowest BCUT2D eigenvalue weighted by molar-refractivity contribution is -0.130. The standard InChI is InChI=1S/C21H26N4O5/c1-4-6-11-24-20(28)18(19(27)22-21(24)29)15-12-16(25(23-15)13(3)26)14-9-7-8-10-17(14)30-5-2/h7-10,16,28H,4-6,11-12H2,1-3H3,(H,22,27,29). The lowest BCUT2D eigenvalue weighted by Crippen LogP contribution is -2.33. The van der Waals surface area contributed by atoms with E-state index in [4.69, 9.17) is 4.74 Å². The summed E-state index contributed by atoms with van der Waals surface area (Å²) in [4.78, 5) is 39.2. The van der Waals surface area contributed by atoms with Gasteiger partial charge in [-0.15, -0.1) is 0 Å².